The number of H-pyrrole nitrogens is 1. The van der Waals surface area contributed by atoms with Gasteiger partial charge in [-0.15, -0.1) is 11.3 Å². The standard InChI is InChI=1S/C21H18F5N3O2S/c1-7-12(11-6-9-10(32-11)4-5-21(25,26)17(9)27)15(22)13(18(23)24)14-16(7)29(8-2-3-8)20(31)28-19(14)30/h6,8,17-18H,2-5,27H2,1H3,(H,28,30,31). The van der Waals surface area contributed by atoms with E-state index in [1.54, 1.807) is 0 Å². The van der Waals surface area contributed by atoms with Crippen molar-refractivity contribution in [2.45, 2.75) is 57.0 Å². The second kappa shape index (κ2) is 6.98. The Hall–Kier alpha value is -2.53. The molecule has 2 aliphatic rings. The van der Waals surface area contributed by atoms with E-state index in [1.807, 2.05) is 4.98 Å². The number of nitrogens with zero attached hydrogens (tertiary/aromatic N) is 1. The van der Waals surface area contributed by atoms with Crippen molar-refractivity contribution in [2.75, 3.05) is 0 Å². The van der Waals surface area contributed by atoms with Gasteiger partial charge < -0.3 is 5.73 Å². The molecule has 1 aromatic carbocycles. The highest BCUT2D eigenvalue weighted by Gasteiger charge is 2.43. The fourth-order valence-corrected chi connectivity index (χ4v) is 5.87. The second-order valence-corrected chi connectivity index (χ2v) is 9.48. The van der Waals surface area contributed by atoms with Gasteiger partial charge in [0.2, 0.25) is 0 Å². The van der Waals surface area contributed by atoms with E-state index in [4.69, 9.17) is 5.73 Å². The molecule has 5 rings (SSSR count). The molecule has 2 heterocycles. The summed E-state index contributed by atoms with van der Waals surface area (Å²) in [5.74, 6) is -4.42. The van der Waals surface area contributed by atoms with Crippen LogP contribution in [0.25, 0.3) is 21.3 Å². The molecule has 0 aliphatic heterocycles. The number of halogens is 5. The van der Waals surface area contributed by atoms with E-state index in [2.05, 4.69) is 0 Å². The lowest BCUT2D eigenvalue weighted by Gasteiger charge is -2.28. The molecule has 0 amide bonds. The lowest BCUT2D eigenvalue weighted by molar-refractivity contribution is -0.0392. The first-order valence-corrected chi connectivity index (χ1v) is 10.9. The number of nitrogens with two attached hydrogens (primary N) is 1. The van der Waals surface area contributed by atoms with Crippen LogP contribution in [0.4, 0.5) is 22.0 Å². The van der Waals surface area contributed by atoms with Gasteiger partial charge in [-0.1, -0.05) is 0 Å². The van der Waals surface area contributed by atoms with Gasteiger partial charge in [0.05, 0.1) is 22.5 Å². The maximum atomic E-state index is 15.5. The Balaban J connectivity index is 1.87. The van der Waals surface area contributed by atoms with E-state index in [0.717, 1.165) is 11.3 Å². The molecule has 3 N–H and O–H groups in total. The molecule has 0 bridgehead atoms. The zero-order chi connectivity index (χ0) is 23.1. The van der Waals surface area contributed by atoms with Crippen molar-refractivity contribution in [1.82, 2.24) is 9.55 Å². The van der Waals surface area contributed by atoms with Crippen molar-refractivity contribution in [3.63, 3.8) is 0 Å². The summed E-state index contributed by atoms with van der Waals surface area (Å²) in [6, 6.07) is -0.549. The van der Waals surface area contributed by atoms with Gasteiger partial charge in [-0.25, -0.2) is 26.7 Å². The number of aromatic nitrogens is 2. The van der Waals surface area contributed by atoms with Crippen LogP contribution in [0.5, 0.6) is 0 Å². The van der Waals surface area contributed by atoms with Crippen LogP contribution >= 0.6 is 11.3 Å². The quantitative estimate of drug-likeness (QED) is 0.543. The van der Waals surface area contributed by atoms with Gasteiger partial charge in [0.25, 0.3) is 17.9 Å². The molecule has 1 fully saturated rings. The molecule has 1 saturated carbocycles. The molecule has 32 heavy (non-hydrogen) atoms. The number of alkyl halides is 4. The van der Waals surface area contributed by atoms with Gasteiger partial charge >= 0.3 is 5.69 Å². The SMILES string of the molecule is Cc1c(-c2cc3c(s2)CCC(F)(F)C3N)c(F)c(C(F)F)c2c(=O)[nH]c(=O)n(C3CC3)c12. The fraction of sp³-hybridized carbons (Fsp3) is 0.429. The second-order valence-electron chi connectivity index (χ2n) is 8.34. The number of aromatic amines is 1. The molecule has 0 saturated heterocycles. The van der Waals surface area contributed by atoms with Crippen molar-refractivity contribution in [1.29, 1.82) is 0 Å². The number of aryl methyl sites for hydroxylation is 2. The Morgan fingerprint density at radius 1 is 1.28 bits per heavy atom. The van der Waals surface area contributed by atoms with Gasteiger partial charge in [0.1, 0.15) is 5.82 Å². The largest absolute Gasteiger partial charge is 0.329 e. The molecule has 1 atom stereocenters. The Bertz CT molecular complexity index is 1390. The monoisotopic (exact) mass is 471 g/mol. The van der Waals surface area contributed by atoms with E-state index < -0.39 is 52.8 Å². The third-order valence-electron chi connectivity index (χ3n) is 6.29. The van der Waals surface area contributed by atoms with Crippen molar-refractivity contribution in [3.05, 3.63) is 54.3 Å². The molecule has 170 valence electrons. The number of benzene rings is 1. The molecule has 11 heteroatoms. The first-order valence-electron chi connectivity index (χ1n) is 10.1. The molecule has 5 nitrogen and oxygen atoms in total. The lowest BCUT2D eigenvalue weighted by Crippen LogP contribution is -2.36. The number of rotatable bonds is 3. The molecule has 2 aliphatic carbocycles. The molecule has 3 aromatic rings. The number of nitrogens with one attached hydrogen (secondary N) is 1. The summed E-state index contributed by atoms with van der Waals surface area (Å²) in [6.07, 6.45) is -2.52. The van der Waals surface area contributed by atoms with Crippen LogP contribution in [-0.4, -0.2) is 15.5 Å². The average molecular weight is 471 g/mol. The summed E-state index contributed by atoms with van der Waals surface area (Å²) in [7, 11) is 0. The Kier molecular flexibility index (Phi) is 4.65. The topological polar surface area (TPSA) is 80.9 Å². The number of hydrogen-bond donors (Lipinski definition) is 2. The van der Waals surface area contributed by atoms with Crippen molar-refractivity contribution >= 4 is 22.2 Å². The number of hydrogen-bond acceptors (Lipinski definition) is 4. The van der Waals surface area contributed by atoms with Crippen molar-refractivity contribution in [2.24, 2.45) is 5.73 Å². The highest BCUT2D eigenvalue weighted by Crippen LogP contribution is 2.48. The Morgan fingerprint density at radius 2 is 1.97 bits per heavy atom. The van der Waals surface area contributed by atoms with E-state index in [0.29, 0.717) is 17.7 Å². The number of thiophene rings is 1. The zero-order valence-electron chi connectivity index (χ0n) is 16.8. The van der Waals surface area contributed by atoms with Gasteiger partial charge in [-0.2, -0.15) is 0 Å². The lowest BCUT2D eigenvalue weighted by atomic mass is 9.90. The minimum Gasteiger partial charge on any atom is -0.319 e. The van der Waals surface area contributed by atoms with Crippen LogP contribution < -0.4 is 17.0 Å². The van der Waals surface area contributed by atoms with Gasteiger partial charge in [-0.3, -0.25) is 14.3 Å². The zero-order valence-corrected chi connectivity index (χ0v) is 17.6. The van der Waals surface area contributed by atoms with Gasteiger partial charge in [0.15, 0.2) is 0 Å². The third kappa shape index (κ3) is 2.97. The Morgan fingerprint density at radius 3 is 2.59 bits per heavy atom. The van der Waals surface area contributed by atoms with Crippen LogP contribution in [0.1, 0.15) is 59.3 Å². The van der Waals surface area contributed by atoms with Crippen LogP contribution in [0.15, 0.2) is 15.7 Å². The van der Waals surface area contributed by atoms with E-state index in [1.165, 1.54) is 17.6 Å². The predicted molar refractivity (Wildman–Crippen MR) is 110 cm³/mol. The van der Waals surface area contributed by atoms with Crippen LogP contribution in [0.3, 0.4) is 0 Å². The smallest absolute Gasteiger partial charge is 0.319 e. The highest BCUT2D eigenvalue weighted by atomic mass is 32.1. The van der Waals surface area contributed by atoms with Crippen molar-refractivity contribution in [3.8, 4) is 10.4 Å². The summed E-state index contributed by atoms with van der Waals surface area (Å²) >= 11 is 1.02. The summed E-state index contributed by atoms with van der Waals surface area (Å²) in [5.41, 5.74) is 2.81. The van der Waals surface area contributed by atoms with Crippen LogP contribution in [0, 0.1) is 12.7 Å². The van der Waals surface area contributed by atoms with Crippen LogP contribution in [0.2, 0.25) is 0 Å². The van der Waals surface area contributed by atoms with E-state index in [9.17, 15) is 27.2 Å². The van der Waals surface area contributed by atoms with E-state index in [-0.39, 0.29) is 39.5 Å². The molecule has 0 radical (unpaired) electrons. The molecule has 0 spiro atoms. The van der Waals surface area contributed by atoms with E-state index >= 15 is 4.39 Å². The van der Waals surface area contributed by atoms with Crippen LogP contribution in [-0.2, 0) is 6.42 Å². The first kappa shape index (κ1) is 21.3. The minimum absolute atomic E-state index is 0.0309. The molecular formula is C21H18F5N3O2S. The molecular weight excluding hydrogens is 453 g/mol. The van der Waals surface area contributed by atoms with Gasteiger partial charge in [0, 0.05) is 27.8 Å². The maximum Gasteiger partial charge on any atom is 0.329 e. The molecule has 2 aromatic heterocycles. The fourth-order valence-electron chi connectivity index (χ4n) is 4.56. The minimum atomic E-state index is -3.33. The Labute approximate surface area is 181 Å². The van der Waals surface area contributed by atoms with Crippen molar-refractivity contribution < 1.29 is 22.0 Å². The average Bonchev–Trinajstić information content (AvgIpc) is 3.44. The maximum absolute atomic E-state index is 15.5. The normalized spacial score (nSPS) is 20.2. The van der Waals surface area contributed by atoms with Gasteiger partial charge in [-0.05, 0) is 43.4 Å². The third-order valence-corrected chi connectivity index (χ3v) is 7.52. The summed E-state index contributed by atoms with van der Waals surface area (Å²) < 4.78 is 73.0. The predicted octanol–water partition coefficient (Wildman–Crippen LogP) is 4.72. The molecule has 1 unspecified atom stereocenters. The first-order chi connectivity index (χ1) is 15.0. The summed E-state index contributed by atoms with van der Waals surface area (Å²) in [4.78, 5) is 27.7. The highest BCUT2D eigenvalue weighted by molar-refractivity contribution is 7.15. The number of fused-ring (bicyclic) bond motifs is 2. The summed E-state index contributed by atoms with van der Waals surface area (Å²) in [6.45, 7) is 1.45. The summed E-state index contributed by atoms with van der Waals surface area (Å²) in [5, 5.41) is -0.560.